The summed E-state index contributed by atoms with van der Waals surface area (Å²) in [5.41, 5.74) is 0.559. The van der Waals surface area contributed by atoms with Gasteiger partial charge >= 0.3 is 0 Å². The van der Waals surface area contributed by atoms with Gasteiger partial charge in [0.15, 0.2) is 0 Å². The van der Waals surface area contributed by atoms with E-state index in [1.807, 2.05) is 17.0 Å². The standard InChI is InChI=1S/C17H24N2O4S/c20-17(18-9-4-1-5-10-18)15-7-2-3-8-16(15)23-13-12-19-11-6-14-24(19,21)22/h2-3,7-8H,1,4-6,9-14H2. The largest absolute Gasteiger partial charge is 0.491 e. The molecule has 1 aromatic carbocycles. The smallest absolute Gasteiger partial charge is 0.257 e. The Balaban J connectivity index is 1.62. The van der Waals surface area contributed by atoms with Crippen molar-refractivity contribution in [1.82, 2.24) is 9.21 Å². The van der Waals surface area contributed by atoms with Crippen LogP contribution in [0.25, 0.3) is 0 Å². The summed E-state index contributed by atoms with van der Waals surface area (Å²) in [4.78, 5) is 14.6. The van der Waals surface area contributed by atoms with Crippen LogP contribution in [-0.4, -0.2) is 62.1 Å². The van der Waals surface area contributed by atoms with Gasteiger partial charge in [-0.25, -0.2) is 8.42 Å². The van der Waals surface area contributed by atoms with Crippen molar-refractivity contribution in [1.29, 1.82) is 0 Å². The van der Waals surface area contributed by atoms with E-state index in [-0.39, 0.29) is 18.3 Å². The SMILES string of the molecule is O=C(c1ccccc1OCCN1CCCS1(=O)=O)N1CCCCC1. The molecule has 2 heterocycles. The average Bonchev–Trinajstić information content (AvgIpc) is 2.94. The molecular formula is C17H24N2O4S. The lowest BCUT2D eigenvalue weighted by Gasteiger charge is -2.27. The number of likely N-dealkylation sites (tertiary alicyclic amines) is 1. The second-order valence-electron chi connectivity index (χ2n) is 6.27. The van der Waals surface area contributed by atoms with Crippen LogP contribution in [0.3, 0.4) is 0 Å². The van der Waals surface area contributed by atoms with Crippen molar-refractivity contribution in [2.24, 2.45) is 0 Å². The van der Waals surface area contributed by atoms with Crippen molar-refractivity contribution >= 4 is 15.9 Å². The average molecular weight is 352 g/mol. The number of ether oxygens (including phenoxy) is 1. The molecular weight excluding hydrogens is 328 g/mol. The first-order valence-corrected chi connectivity index (χ1v) is 10.2. The van der Waals surface area contributed by atoms with Crippen LogP contribution >= 0.6 is 0 Å². The van der Waals surface area contributed by atoms with Gasteiger partial charge in [-0.2, -0.15) is 4.31 Å². The number of carbonyl (C=O) groups is 1. The van der Waals surface area contributed by atoms with Gasteiger partial charge in [0.25, 0.3) is 5.91 Å². The van der Waals surface area contributed by atoms with Crippen LogP contribution in [0, 0.1) is 0 Å². The predicted octanol–water partition coefficient (Wildman–Crippen LogP) is 1.73. The van der Waals surface area contributed by atoms with Gasteiger partial charge < -0.3 is 9.64 Å². The highest BCUT2D eigenvalue weighted by atomic mass is 32.2. The number of piperidine rings is 1. The summed E-state index contributed by atoms with van der Waals surface area (Å²) >= 11 is 0. The highest BCUT2D eigenvalue weighted by molar-refractivity contribution is 7.89. The number of hydrogen-bond acceptors (Lipinski definition) is 4. The minimum absolute atomic E-state index is 0.000839. The summed E-state index contributed by atoms with van der Waals surface area (Å²) in [6.45, 7) is 2.72. The van der Waals surface area contributed by atoms with E-state index in [0.29, 0.717) is 30.8 Å². The number of carbonyl (C=O) groups excluding carboxylic acids is 1. The topological polar surface area (TPSA) is 66.9 Å². The Bertz CT molecular complexity index is 684. The van der Waals surface area contributed by atoms with Crippen molar-refractivity contribution in [2.75, 3.05) is 38.5 Å². The maximum absolute atomic E-state index is 12.7. The molecule has 0 unspecified atom stereocenters. The summed E-state index contributed by atoms with van der Waals surface area (Å²) in [5, 5.41) is 0. The quantitative estimate of drug-likeness (QED) is 0.809. The number of nitrogens with zero attached hydrogens (tertiary/aromatic N) is 2. The van der Waals surface area contributed by atoms with Gasteiger partial charge in [-0.3, -0.25) is 4.79 Å². The number of sulfonamides is 1. The third-order valence-corrected chi connectivity index (χ3v) is 6.52. The zero-order valence-corrected chi connectivity index (χ0v) is 14.6. The van der Waals surface area contributed by atoms with Gasteiger partial charge in [-0.1, -0.05) is 12.1 Å². The molecule has 0 aliphatic carbocycles. The summed E-state index contributed by atoms with van der Waals surface area (Å²) in [5.74, 6) is 0.751. The fraction of sp³-hybridized carbons (Fsp3) is 0.588. The number of para-hydroxylation sites is 1. The molecule has 0 saturated carbocycles. The lowest BCUT2D eigenvalue weighted by Crippen LogP contribution is -2.36. The number of benzene rings is 1. The Labute approximate surface area is 143 Å². The van der Waals surface area contributed by atoms with E-state index in [1.165, 1.54) is 10.7 Å². The number of rotatable bonds is 5. The van der Waals surface area contributed by atoms with Crippen molar-refractivity contribution in [3.63, 3.8) is 0 Å². The predicted molar refractivity (Wildman–Crippen MR) is 91.7 cm³/mol. The monoisotopic (exact) mass is 352 g/mol. The molecule has 0 atom stereocenters. The zero-order valence-electron chi connectivity index (χ0n) is 13.8. The summed E-state index contributed by atoms with van der Waals surface area (Å²) < 4.78 is 30.8. The van der Waals surface area contributed by atoms with Gasteiger partial charge in [0.1, 0.15) is 12.4 Å². The third kappa shape index (κ3) is 3.89. The Morgan fingerprint density at radius 2 is 1.79 bits per heavy atom. The molecule has 6 nitrogen and oxygen atoms in total. The van der Waals surface area contributed by atoms with Gasteiger partial charge in [0.2, 0.25) is 10.0 Å². The molecule has 2 fully saturated rings. The second-order valence-corrected chi connectivity index (χ2v) is 8.35. The van der Waals surface area contributed by atoms with Crippen molar-refractivity contribution in [3.05, 3.63) is 29.8 Å². The molecule has 2 aliphatic heterocycles. The first kappa shape index (κ1) is 17.2. The lowest BCUT2D eigenvalue weighted by molar-refractivity contribution is 0.0719. The second kappa shape index (κ2) is 7.53. The molecule has 3 rings (SSSR count). The van der Waals surface area contributed by atoms with Gasteiger partial charge in [-0.15, -0.1) is 0 Å². The van der Waals surface area contributed by atoms with Crippen molar-refractivity contribution < 1.29 is 17.9 Å². The van der Waals surface area contributed by atoms with Gasteiger partial charge in [0.05, 0.1) is 11.3 Å². The fourth-order valence-electron chi connectivity index (χ4n) is 3.24. The molecule has 7 heteroatoms. The molecule has 1 amide bonds. The number of amides is 1. The molecule has 2 aliphatic rings. The molecule has 0 radical (unpaired) electrons. The van der Waals surface area contributed by atoms with Crippen LogP contribution in [-0.2, 0) is 10.0 Å². The maximum atomic E-state index is 12.7. The highest BCUT2D eigenvalue weighted by Crippen LogP contribution is 2.22. The normalized spacial score (nSPS) is 20.9. The lowest BCUT2D eigenvalue weighted by atomic mass is 10.1. The maximum Gasteiger partial charge on any atom is 0.257 e. The van der Waals surface area contributed by atoms with Crippen molar-refractivity contribution in [2.45, 2.75) is 25.7 Å². The summed E-state index contributed by atoms with van der Waals surface area (Å²) in [6.07, 6.45) is 3.93. The van der Waals surface area contributed by atoms with E-state index >= 15 is 0 Å². The molecule has 2 saturated heterocycles. The zero-order chi connectivity index (χ0) is 17.0. The van der Waals surface area contributed by atoms with Crippen LogP contribution < -0.4 is 4.74 Å². The van der Waals surface area contributed by atoms with E-state index < -0.39 is 10.0 Å². The Morgan fingerprint density at radius 1 is 1.04 bits per heavy atom. The number of hydrogen-bond donors (Lipinski definition) is 0. The summed E-state index contributed by atoms with van der Waals surface area (Å²) in [6, 6.07) is 7.21. The van der Waals surface area contributed by atoms with Crippen LogP contribution in [0.1, 0.15) is 36.0 Å². The molecule has 132 valence electrons. The Kier molecular flexibility index (Phi) is 5.40. The molecule has 0 aromatic heterocycles. The minimum Gasteiger partial charge on any atom is -0.491 e. The van der Waals surface area contributed by atoms with E-state index in [0.717, 1.165) is 25.9 Å². The van der Waals surface area contributed by atoms with Gasteiger partial charge in [-0.05, 0) is 37.8 Å². The van der Waals surface area contributed by atoms with E-state index in [9.17, 15) is 13.2 Å². The fourth-order valence-corrected chi connectivity index (χ4v) is 4.75. The van der Waals surface area contributed by atoms with Crippen LogP contribution in [0.2, 0.25) is 0 Å². The van der Waals surface area contributed by atoms with E-state index in [1.54, 1.807) is 12.1 Å². The van der Waals surface area contributed by atoms with Crippen LogP contribution in [0.4, 0.5) is 0 Å². The Morgan fingerprint density at radius 3 is 2.50 bits per heavy atom. The van der Waals surface area contributed by atoms with E-state index in [2.05, 4.69) is 0 Å². The van der Waals surface area contributed by atoms with Crippen molar-refractivity contribution in [3.8, 4) is 5.75 Å². The highest BCUT2D eigenvalue weighted by Gasteiger charge is 2.28. The Hall–Kier alpha value is -1.60. The molecule has 1 aromatic rings. The molecule has 0 bridgehead atoms. The molecule has 0 N–H and O–H groups in total. The van der Waals surface area contributed by atoms with Crippen LogP contribution in [0.5, 0.6) is 5.75 Å². The minimum atomic E-state index is -3.11. The van der Waals surface area contributed by atoms with Crippen LogP contribution in [0.15, 0.2) is 24.3 Å². The molecule has 24 heavy (non-hydrogen) atoms. The summed E-state index contributed by atoms with van der Waals surface area (Å²) in [7, 11) is -3.11. The first-order chi connectivity index (χ1) is 11.6. The third-order valence-electron chi connectivity index (χ3n) is 4.56. The first-order valence-electron chi connectivity index (χ1n) is 8.57. The molecule has 0 spiro atoms. The van der Waals surface area contributed by atoms with E-state index in [4.69, 9.17) is 4.74 Å². The van der Waals surface area contributed by atoms with Gasteiger partial charge in [0, 0.05) is 26.2 Å².